The fraction of sp³-hybridized carbons (Fsp3) is 0.750. The molecule has 1 aromatic heterocycles. The number of carbonyl (C=O) groups excluding carboxylic acids is 1. The van der Waals surface area contributed by atoms with E-state index >= 15 is 0 Å². The fourth-order valence-corrected chi connectivity index (χ4v) is 5.67. The molecule has 0 N–H and O–H groups in total. The van der Waals surface area contributed by atoms with Gasteiger partial charge in [0.2, 0.25) is 0 Å². The molecule has 2 aliphatic heterocycles. The molecule has 0 radical (unpaired) electrons. The van der Waals surface area contributed by atoms with Crippen LogP contribution < -0.4 is 0 Å². The topological polar surface area (TPSA) is 59.7 Å². The first-order valence-corrected chi connectivity index (χ1v) is 9.70. The monoisotopic (exact) mass is 356 g/mol. The van der Waals surface area contributed by atoms with E-state index in [4.69, 9.17) is 4.84 Å². The minimum absolute atomic E-state index is 0.00206. The van der Waals surface area contributed by atoms with Gasteiger partial charge in [-0.2, -0.15) is 0 Å². The zero-order valence-electron chi connectivity index (χ0n) is 16.4. The van der Waals surface area contributed by atoms with Crippen LogP contribution in [0.3, 0.4) is 0 Å². The second-order valence-electron chi connectivity index (χ2n) is 9.95. The minimum atomic E-state index is -0.215. The normalized spacial score (nSPS) is 40.2. The molecule has 6 heteroatoms. The summed E-state index contributed by atoms with van der Waals surface area (Å²) in [6, 6.07) is 0.554. The number of likely N-dealkylation sites (tertiary alicyclic amines) is 1. The average Bonchev–Trinajstić information content (AvgIpc) is 3.22. The Bertz CT molecular complexity index is 819. The highest BCUT2D eigenvalue weighted by Gasteiger charge is 2.85. The Morgan fingerprint density at radius 1 is 1.15 bits per heavy atom. The van der Waals surface area contributed by atoms with E-state index in [-0.39, 0.29) is 27.8 Å². The predicted octanol–water partition coefficient (Wildman–Crippen LogP) is 3.26. The molecule has 0 aromatic carbocycles. The van der Waals surface area contributed by atoms with Crippen molar-refractivity contribution in [3.8, 4) is 0 Å². The third-order valence-corrected chi connectivity index (χ3v) is 8.03. The van der Waals surface area contributed by atoms with Crippen LogP contribution in [0.5, 0.6) is 0 Å². The minimum Gasteiger partial charge on any atom is -0.389 e. The first kappa shape index (κ1) is 16.3. The van der Waals surface area contributed by atoms with Crippen LogP contribution in [-0.2, 0) is 4.84 Å². The van der Waals surface area contributed by atoms with Gasteiger partial charge >= 0.3 is 0 Å². The summed E-state index contributed by atoms with van der Waals surface area (Å²) in [5.41, 5.74) is 1.60. The van der Waals surface area contributed by atoms with Crippen LogP contribution in [-0.4, -0.2) is 44.8 Å². The number of nitrogens with zero attached hydrogens (tertiary/aromatic N) is 4. The molecule has 0 spiro atoms. The molecule has 4 aliphatic rings. The second kappa shape index (κ2) is 4.52. The van der Waals surface area contributed by atoms with Crippen molar-refractivity contribution in [1.29, 1.82) is 0 Å². The van der Waals surface area contributed by atoms with Gasteiger partial charge in [0.05, 0.1) is 12.0 Å². The number of piperidine rings is 1. The van der Waals surface area contributed by atoms with Gasteiger partial charge in [-0.05, 0) is 26.7 Å². The van der Waals surface area contributed by atoms with Crippen molar-refractivity contribution in [2.75, 3.05) is 13.1 Å². The smallest absolute Gasteiger partial charge is 0.274 e. The Hall–Kier alpha value is -1.85. The van der Waals surface area contributed by atoms with Gasteiger partial charge in [-0.1, -0.05) is 25.9 Å². The van der Waals surface area contributed by atoms with Crippen LogP contribution in [0.15, 0.2) is 17.7 Å². The van der Waals surface area contributed by atoms with E-state index in [0.29, 0.717) is 11.7 Å². The van der Waals surface area contributed by atoms with Gasteiger partial charge in [0.15, 0.2) is 0 Å². The maximum atomic E-state index is 13.0. The van der Waals surface area contributed by atoms with Crippen molar-refractivity contribution in [2.45, 2.75) is 65.5 Å². The number of hydrogen-bond acceptors (Lipinski definition) is 4. The van der Waals surface area contributed by atoms with E-state index in [9.17, 15) is 4.79 Å². The van der Waals surface area contributed by atoms with E-state index < -0.39 is 0 Å². The molecule has 6 nitrogen and oxygen atoms in total. The summed E-state index contributed by atoms with van der Waals surface area (Å²) in [7, 11) is 0. The summed E-state index contributed by atoms with van der Waals surface area (Å²) < 4.78 is 2.09. The molecule has 1 saturated heterocycles. The zero-order chi connectivity index (χ0) is 18.5. The van der Waals surface area contributed by atoms with Gasteiger partial charge in [0, 0.05) is 48.0 Å². The Morgan fingerprint density at radius 2 is 1.81 bits per heavy atom. The highest BCUT2D eigenvalue weighted by Crippen LogP contribution is 2.82. The first-order chi connectivity index (χ1) is 12.1. The quantitative estimate of drug-likeness (QED) is 0.835. The van der Waals surface area contributed by atoms with Gasteiger partial charge in [0.1, 0.15) is 11.3 Å². The fourth-order valence-electron chi connectivity index (χ4n) is 5.67. The summed E-state index contributed by atoms with van der Waals surface area (Å²) in [4.78, 5) is 25.0. The summed E-state index contributed by atoms with van der Waals surface area (Å²) in [6.07, 6.45) is 6.99. The largest absolute Gasteiger partial charge is 0.389 e. The molecule has 3 fully saturated rings. The number of imidazole rings is 1. The van der Waals surface area contributed by atoms with Gasteiger partial charge in [-0.15, -0.1) is 0 Å². The lowest BCUT2D eigenvalue weighted by atomic mass is 9.83. The van der Waals surface area contributed by atoms with Crippen molar-refractivity contribution in [3.05, 3.63) is 18.2 Å². The standard InChI is InChI=1S/C20H28N4O2/c1-17(2)8-15(22-26-17)20(5)18(3)10-24(11-19(18,20)4)16(25)14-9-23(12-21-14)13-6-7-13/h9,12-13H,6-8,10-11H2,1-5H3/t18-,19+,20?. The van der Waals surface area contributed by atoms with Crippen molar-refractivity contribution >= 4 is 11.6 Å². The van der Waals surface area contributed by atoms with Gasteiger partial charge < -0.3 is 14.3 Å². The number of amides is 1. The predicted molar refractivity (Wildman–Crippen MR) is 97.9 cm³/mol. The number of oxime groups is 1. The van der Waals surface area contributed by atoms with Gasteiger partial charge in [-0.3, -0.25) is 4.79 Å². The molecular formula is C20H28N4O2. The van der Waals surface area contributed by atoms with Gasteiger partial charge in [0.25, 0.3) is 5.91 Å². The van der Waals surface area contributed by atoms with E-state index in [2.05, 4.69) is 49.3 Å². The third kappa shape index (κ3) is 1.80. The van der Waals surface area contributed by atoms with E-state index in [1.54, 1.807) is 0 Å². The molecule has 5 rings (SSSR count). The van der Waals surface area contributed by atoms with E-state index in [0.717, 1.165) is 25.2 Å². The number of rotatable bonds is 3. The highest BCUT2D eigenvalue weighted by atomic mass is 16.7. The molecule has 2 saturated carbocycles. The number of aromatic nitrogens is 2. The Morgan fingerprint density at radius 3 is 2.35 bits per heavy atom. The number of hydrogen-bond donors (Lipinski definition) is 0. The molecule has 26 heavy (non-hydrogen) atoms. The number of carbonyl (C=O) groups is 1. The Kier molecular flexibility index (Phi) is 2.84. The average molecular weight is 356 g/mol. The van der Waals surface area contributed by atoms with Gasteiger partial charge in [-0.25, -0.2) is 4.98 Å². The Labute approximate surface area is 154 Å². The highest BCUT2D eigenvalue weighted by molar-refractivity contribution is 5.98. The summed E-state index contributed by atoms with van der Waals surface area (Å²) >= 11 is 0. The van der Waals surface area contributed by atoms with Crippen LogP contribution in [0.2, 0.25) is 0 Å². The van der Waals surface area contributed by atoms with Crippen molar-refractivity contribution in [2.24, 2.45) is 21.4 Å². The van der Waals surface area contributed by atoms with Crippen LogP contribution in [0.4, 0.5) is 0 Å². The van der Waals surface area contributed by atoms with Crippen LogP contribution in [0, 0.1) is 16.2 Å². The maximum Gasteiger partial charge on any atom is 0.274 e. The van der Waals surface area contributed by atoms with Crippen LogP contribution in [0.25, 0.3) is 0 Å². The van der Waals surface area contributed by atoms with Crippen molar-refractivity contribution in [3.63, 3.8) is 0 Å². The summed E-state index contributed by atoms with van der Waals surface area (Å²) in [5, 5.41) is 4.45. The zero-order valence-corrected chi connectivity index (χ0v) is 16.4. The first-order valence-electron chi connectivity index (χ1n) is 9.70. The van der Waals surface area contributed by atoms with Crippen LogP contribution in [0.1, 0.15) is 70.4 Å². The molecular weight excluding hydrogens is 328 g/mol. The van der Waals surface area contributed by atoms with Crippen molar-refractivity contribution < 1.29 is 9.63 Å². The molecule has 1 aromatic rings. The molecule has 1 unspecified atom stereocenters. The third-order valence-electron chi connectivity index (χ3n) is 8.03. The van der Waals surface area contributed by atoms with E-state index in [1.165, 1.54) is 12.8 Å². The SMILES string of the molecule is CC1(C)CC(C2(C)[C@]3(C)CN(C(=O)c4cn(C5CC5)cn4)C[C@]23C)=NO1. The molecule has 3 atom stereocenters. The molecule has 3 heterocycles. The molecule has 1 amide bonds. The maximum absolute atomic E-state index is 13.0. The summed E-state index contributed by atoms with van der Waals surface area (Å²) in [6.45, 7) is 12.6. The molecule has 140 valence electrons. The lowest BCUT2D eigenvalue weighted by Crippen LogP contribution is -2.39. The lowest BCUT2D eigenvalue weighted by molar-refractivity contribution is 0.0123. The Balaban J connectivity index is 1.35. The number of fused-ring (bicyclic) bond motifs is 1. The molecule has 2 aliphatic carbocycles. The molecule has 0 bridgehead atoms. The van der Waals surface area contributed by atoms with Crippen molar-refractivity contribution in [1.82, 2.24) is 14.5 Å². The lowest BCUT2D eigenvalue weighted by Gasteiger charge is -2.28. The van der Waals surface area contributed by atoms with E-state index in [1.807, 2.05) is 17.4 Å². The van der Waals surface area contributed by atoms with Crippen LogP contribution >= 0.6 is 0 Å². The second-order valence-corrected chi connectivity index (χ2v) is 9.95. The summed E-state index contributed by atoms with van der Waals surface area (Å²) in [5.74, 6) is 0.0614.